The predicted octanol–water partition coefficient (Wildman–Crippen LogP) is 2.95. The first kappa shape index (κ1) is 26.6. The number of nitrogens with zero attached hydrogens (tertiary/aromatic N) is 4. The predicted molar refractivity (Wildman–Crippen MR) is 141 cm³/mol. The van der Waals surface area contributed by atoms with Gasteiger partial charge < -0.3 is 19.1 Å². The molecule has 1 atom stereocenters. The van der Waals surface area contributed by atoms with Crippen LogP contribution in [0.5, 0.6) is 11.5 Å². The quantitative estimate of drug-likeness (QED) is 0.491. The second kappa shape index (κ2) is 12.7. The molecule has 9 nitrogen and oxygen atoms in total. The topological polar surface area (TPSA) is 83.9 Å². The van der Waals surface area contributed by atoms with E-state index in [9.17, 15) is 9.59 Å². The molecular formula is C28H36N4O5. The highest BCUT2D eigenvalue weighted by molar-refractivity contribution is 6.03. The summed E-state index contributed by atoms with van der Waals surface area (Å²) in [6.07, 6.45) is 0.876. The lowest BCUT2D eigenvalue weighted by atomic mass is 9.97. The maximum absolute atomic E-state index is 13.7. The Morgan fingerprint density at radius 3 is 2.46 bits per heavy atom. The van der Waals surface area contributed by atoms with Crippen LogP contribution in [-0.4, -0.2) is 92.5 Å². The minimum atomic E-state index is -0.335. The molecule has 2 heterocycles. The summed E-state index contributed by atoms with van der Waals surface area (Å²) in [5.41, 5.74) is 2.60. The van der Waals surface area contributed by atoms with E-state index < -0.39 is 0 Å². The molecule has 2 aliphatic heterocycles. The smallest absolute Gasteiger partial charge is 0.262 e. The third kappa shape index (κ3) is 6.47. The number of carbonyl (C=O) groups is 2. The van der Waals surface area contributed by atoms with Crippen molar-refractivity contribution in [3.63, 3.8) is 0 Å². The van der Waals surface area contributed by atoms with Gasteiger partial charge in [0.1, 0.15) is 18.0 Å². The summed E-state index contributed by atoms with van der Waals surface area (Å²) in [6.45, 7) is 6.04. The van der Waals surface area contributed by atoms with Gasteiger partial charge in [0.15, 0.2) is 0 Å². The van der Waals surface area contributed by atoms with Crippen LogP contribution in [0.2, 0.25) is 0 Å². The summed E-state index contributed by atoms with van der Waals surface area (Å²) in [5, 5.41) is 6.30. The average Bonchev–Trinajstić information content (AvgIpc) is 3.41. The molecule has 198 valence electrons. The van der Waals surface area contributed by atoms with Gasteiger partial charge in [0.25, 0.3) is 5.91 Å². The number of rotatable bonds is 10. The van der Waals surface area contributed by atoms with E-state index in [4.69, 9.17) is 19.3 Å². The molecular weight excluding hydrogens is 472 g/mol. The van der Waals surface area contributed by atoms with Crippen molar-refractivity contribution in [1.82, 2.24) is 14.8 Å². The molecule has 1 saturated heterocycles. The monoisotopic (exact) mass is 508 g/mol. The summed E-state index contributed by atoms with van der Waals surface area (Å²) in [4.78, 5) is 30.4. The normalized spacial score (nSPS) is 17.9. The van der Waals surface area contributed by atoms with Crippen LogP contribution in [0, 0.1) is 0 Å². The maximum atomic E-state index is 13.7. The molecule has 0 aliphatic carbocycles. The van der Waals surface area contributed by atoms with Crippen LogP contribution >= 0.6 is 0 Å². The number of morpholine rings is 1. The zero-order valence-corrected chi connectivity index (χ0v) is 21.9. The molecule has 37 heavy (non-hydrogen) atoms. The van der Waals surface area contributed by atoms with E-state index >= 15 is 0 Å². The first-order valence-corrected chi connectivity index (χ1v) is 12.8. The highest BCUT2D eigenvalue weighted by atomic mass is 16.5. The largest absolute Gasteiger partial charge is 0.497 e. The van der Waals surface area contributed by atoms with Crippen LogP contribution in [-0.2, 0) is 14.3 Å². The van der Waals surface area contributed by atoms with Gasteiger partial charge in [0.05, 0.1) is 39.2 Å². The number of hydrazone groups is 1. The number of hydrogen-bond acceptors (Lipinski definition) is 7. The first-order chi connectivity index (χ1) is 18.0. The lowest BCUT2D eigenvalue weighted by Gasteiger charge is -2.31. The van der Waals surface area contributed by atoms with E-state index in [0.29, 0.717) is 44.9 Å². The second-order valence-corrected chi connectivity index (χ2v) is 9.10. The third-order valence-electron chi connectivity index (χ3n) is 6.86. The van der Waals surface area contributed by atoms with Gasteiger partial charge in [-0.3, -0.25) is 14.5 Å². The first-order valence-electron chi connectivity index (χ1n) is 12.8. The van der Waals surface area contributed by atoms with Crippen molar-refractivity contribution in [3.8, 4) is 11.5 Å². The molecule has 4 rings (SSSR count). The Morgan fingerprint density at radius 2 is 1.78 bits per heavy atom. The Labute approximate surface area is 218 Å². The van der Waals surface area contributed by atoms with Crippen molar-refractivity contribution >= 4 is 17.5 Å². The van der Waals surface area contributed by atoms with Crippen LogP contribution in [0.15, 0.2) is 53.6 Å². The Bertz CT molecular complexity index is 1100. The van der Waals surface area contributed by atoms with Gasteiger partial charge in [0.2, 0.25) is 5.91 Å². The highest BCUT2D eigenvalue weighted by Crippen LogP contribution is 2.37. The van der Waals surface area contributed by atoms with E-state index in [1.54, 1.807) is 19.1 Å². The van der Waals surface area contributed by atoms with Crippen molar-refractivity contribution in [2.24, 2.45) is 5.10 Å². The van der Waals surface area contributed by atoms with Crippen molar-refractivity contribution in [1.29, 1.82) is 0 Å². The van der Waals surface area contributed by atoms with Gasteiger partial charge >= 0.3 is 0 Å². The van der Waals surface area contributed by atoms with Gasteiger partial charge in [-0.25, -0.2) is 5.01 Å². The van der Waals surface area contributed by atoms with Gasteiger partial charge in [-0.2, -0.15) is 5.10 Å². The van der Waals surface area contributed by atoms with Crippen molar-refractivity contribution in [3.05, 3.63) is 59.7 Å². The minimum Gasteiger partial charge on any atom is -0.497 e. The molecule has 2 aromatic rings. The lowest BCUT2D eigenvalue weighted by Crippen LogP contribution is -2.46. The zero-order valence-electron chi connectivity index (χ0n) is 21.9. The molecule has 1 fully saturated rings. The Kier molecular flexibility index (Phi) is 9.14. The summed E-state index contributed by atoms with van der Waals surface area (Å²) in [5.74, 6) is 1.19. The standard InChI is InChI=1S/C28H36N4O5/c1-4-27(33)31(14-13-30-15-17-37-18-16-30)20-28(34)32-25(23-7-5-6-8-26(23)36-3)19-24(29-32)21-9-11-22(35-2)12-10-21/h5-12,25H,4,13-20H2,1-3H3. The van der Waals surface area contributed by atoms with E-state index in [1.807, 2.05) is 55.5 Å². The number of amides is 2. The van der Waals surface area contributed by atoms with E-state index in [-0.39, 0.29) is 24.4 Å². The fourth-order valence-electron chi connectivity index (χ4n) is 4.72. The number of carbonyl (C=O) groups excluding carboxylic acids is 2. The Morgan fingerprint density at radius 1 is 1.05 bits per heavy atom. The summed E-state index contributed by atoms with van der Waals surface area (Å²) in [7, 11) is 3.25. The number of benzene rings is 2. The van der Waals surface area contributed by atoms with E-state index in [0.717, 1.165) is 35.7 Å². The van der Waals surface area contributed by atoms with Crippen molar-refractivity contribution < 1.29 is 23.8 Å². The molecule has 2 amide bonds. The van der Waals surface area contributed by atoms with Crippen molar-refractivity contribution in [2.75, 3.05) is 60.2 Å². The average molecular weight is 509 g/mol. The van der Waals surface area contributed by atoms with Crippen LogP contribution in [0.1, 0.15) is 36.9 Å². The van der Waals surface area contributed by atoms with Crippen LogP contribution in [0.3, 0.4) is 0 Å². The summed E-state index contributed by atoms with van der Waals surface area (Å²) < 4.78 is 16.3. The summed E-state index contributed by atoms with van der Waals surface area (Å²) in [6, 6.07) is 15.0. The molecule has 0 N–H and O–H groups in total. The van der Waals surface area contributed by atoms with Crippen LogP contribution in [0.25, 0.3) is 0 Å². The van der Waals surface area contributed by atoms with E-state index in [1.165, 1.54) is 5.01 Å². The number of ether oxygens (including phenoxy) is 3. The third-order valence-corrected chi connectivity index (χ3v) is 6.86. The lowest BCUT2D eigenvalue weighted by molar-refractivity contribution is -0.141. The zero-order chi connectivity index (χ0) is 26.2. The molecule has 0 spiro atoms. The SMILES string of the molecule is CCC(=O)N(CCN1CCOCC1)CC(=O)N1N=C(c2ccc(OC)cc2)CC1c1ccccc1OC. The summed E-state index contributed by atoms with van der Waals surface area (Å²) >= 11 is 0. The Balaban J connectivity index is 1.57. The molecule has 0 radical (unpaired) electrons. The van der Waals surface area contributed by atoms with Crippen LogP contribution < -0.4 is 9.47 Å². The van der Waals surface area contributed by atoms with Crippen molar-refractivity contribution in [2.45, 2.75) is 25.8 Å². The Hall–Kier alpha value is -3.43. The van der Waals surface area contributed by atoms with Gasteiger partial charge in [-0.15, -0.1) is 0 Å². The molecule has 0 saturated carbocycles. The molecule has 1 unspecified atom stereocenters. The molecule has 0 bridgehead atoms. The number of hydrogen-bond donors (Lipinski definition) is 0. The van der Waals surface area contributed by atoms with Crippen LogP contribution in [0.4, 0.5) is 0 Å². The molecule has 2 aliphatic rings. The molecule has 0 aromatic heterocycles. The fraction of sp³-hybridized carbons (Fsp3) is 0.464. The molecule has 2 aromatic carbocycles. The number of para-hydroxylation sites is 1. The van der Waals surface area contributed by atoms with E-state index in [2.05, 4.69) is 4.90 Å². The van der Waals surface area contributed by atoms with Gasteiger partial charge in [-0.1, -0.05) is 25.1 Å². The second-order valence-electron chi connectivity index (χ2n) is 9.10. The number of methoxy groups -OCH3 is 2. The molecule has 9 heteroatoms. The highest BCUT2D eigenvalue weighted by Gasteiger charge is 2.35. The maximum Gasteiger partial charge on any atom is 0.262 e. The van der Waals surface area contributed by atoms with Gasteiger partial charge in [0, 0.05) is 44.6 Å². The minimum absolute atomic E-state index is 0.0257. The fourth-order valence-corrected chi connectivity index (χ4v) is 4.72. The van der Waals surface area contributed by atoms with Gasteiger partial charge in [-0.05, 0) is 35.9 Å².